The molecule has 0 aliphatic carbocycles. The largest absolute Gasteiger partial charge is 0.271 e. The maximum Gasteiger partial charge on any atom is 0.123 e. The minimum absolute atomic E-state index is 0.186. The van der Waals surface area contributed by atoms with E-state index < -0.39 is 0 Å². The minimum Gasteiger partial charge on any atom is -0.271 e. The Morgan fingerprint density at radius 3 is 2.50 bits per heavy atom. The fraction of sp³-hybridized carbons (Fsp3) is 0.231. The molecule has 96 valence electrons. The summed E-state index contributed by atoms with van der Waals surface area (Å²) in [7, 11) is 0. The van der Waals surface area contributed by atoms with E-state index in [-0.39, 0.29) is 11.9 Å². The van der Waals surface area contributed by atoms with Gasteiger partial charge in [-0.15, -0.1) is 11.3 Å². The molecule has 1 unspecified atom stereocenters. The lowest BCUT2D eigenvalue weighted by Gasteiger charge is -2.15. The molecular weight excluding hydrogens is 315 g/mol. The molecule has 0 aliphatic heterocycles. The van der Waals surface area contributed by atoms with E-state index in [1.165, 1.54) is 12.1 Å². The first-order chi connectivity index (χ1) is 8.51. The number of thiophene rings is 1. The third-order valence-electron chi connectivity index (χ3n) is 2.73. The predicted octanol–water partition coefficient (Wildman–Crippen LogP) is 3.82. The van der Waals surface area contributed by atoms with Gasteiger partial charge in [0.2, 0.25) is 0 Å². The van der Waals surface area contributed by atoms with Crippen molar-refractivity contribution in [1.29, 1.82) is 0 Å². The third kappa shape index (κ3) is 2.80. The summed E-state index contributed by atoms with van der Waals surface area (Å²) in [5, 5.41) is 0. The van der Waals surface area contributed by atoms with Gasteiger partial charge in [0.15, 0.2) is 0 Å². The fourth-order valence-corrected chi connectivity index (χ4v) is 3.56. The molecule has 2 rings (SSSR count). The van der Waals surface area contributed by atoms with Crippen molar-refractivity contribution in [3.05, 3.63) is 55.4 Å². The van der Waals surface area contributed by atoms with Crippen molar-refractivity contribution in [2.24, 2.45) is 5.84 Å². The number of benzene rings is 1. The van der Waals surface area contributed by atoms with Crippen LogP contribution in [-0.4, -0.2) is 0 Å². The molecule has 1 atom stereocenters. The zero-order valence-corrected chi connectivity index (χ0v) is 12.5. The van der Waals surface area contributed by atoms with E-state index in [2.05, 4.69) is 27.4 Å². The monoisotopic (exact) mass is 328 g/mol. The number of hydrogen-bond acceptors (Lipinski definition) is 3. The molecule has 5 heteroatoms. The van der Waals surface area contributed by atoms with Crippen molar-refractivity contribution in [3.8, 4) is 0 Å². The van der Waals surface area contributed by atoms with Crippen LogP contribution in [0.5, 0.6) is 0 Å². The molecule has 0 radical (unpaired) electrons. The van der Waals surface area contributed by atoms with Crippen molar-refractivity contribution < 1.29 is 4.39 Å². The van der Waals surface area contributed by atoms with Crippen LogP contribution in [0.25, 0.3) is 0 Å². The van der Waals surface area contributed by atoms with Crippen molar-refractivity contribution in [1.82, 2.24) is 5.43 Å². The first kappa shape index (κ1) is 13.7. The van der Waals surface area contributed by atoms with Gasteiger partial charge in [0.25, 0.3) is 0 Å². The molecule has 0 bridgehead atoms. The number of halogens is 2. The van der Waals surface area contributed by atoms with E-state index in [1.54, 1.807) is 11.3 Å². The first-order valence-corrected chi connectivity index (χ1v) is 7.11. The van der Waals surface area contributed by atoms with Crippen LogP contribution in [0.4, 0.5) is 4.39 Å². The van der Waals surface area contributed by atoms with Crippen LogP contribution in [0.3, 0.4) is 0 Å². The van der Waals surface area contributed by atoms with Crippen molar-refractivity contribution in [2.75, 3.05) is 0 Å². The smallest absolute Gasteiger partial charge is 0.123 e. The minimum atomic E-state index is -0.238. The Bertz CT molecular complexity index is 528. The van der Waals surface area contributed by atoms with Crippen molar-refractivity contribution >= 4 is 27.3 Å². The van der Waals surface area contributed by atoms with Gasteiger partial charge in [0.05, 0.1) is 9.83 Å². The molecule has 0 amide bonds. The number of rotatable bonds is 3. The normalized spacial score (nSPS) is 12.7. The Morgan fingerprint density at radius 1 is 1.28 bits per heavy atom. The van der Waals surface area contributed by atoms with E-state index in [9.17, 15) is 4.39 Å². The van der Waals surface area contributed by atoms with Crippen LogP contribution < -0.4 is 11.3 Å². The van der Waals surface area contributed by atoms with Crippen LogP contribution in [0.2, 0.25) is 0 Å². The molecule has 1 heterocycles. The standard InChI is InChI=1S/C13H14BrFN2S/c1-7-3-9(6-10(15)4-7)12(17-16)11-5-8(2)13(14)18-11/h3-6,12,17H,16H2,1-2H3. The molecular formula is C13H14BrFN2S. The van der Waals surface area contributed by atoms with E-state index in [1.807, 2.05) is 19.9 Å². The molecule has 2 aromatic rings. The first-order valence-electron chi connectivity index (χ1n) is 5.50. The van der Waals surface area contributed by atoms with Crippen molar-refractivity contribution in [2.45, 2.75) is 19.9 Å². The number of nitrogens with two attached hydrogens (primary N) is 1. The van der Waals surface area contributed by atoms with Gasteiger partial charge in [-0.2, -0.15) is 0 Å². The maximum atomic E-state index is 13.5. The van der Waals surface area contributed by atoms with E-state index in [4.69, 9.17) is 5.84 Å². The van der Waals surface area contributed by atoms with Crippen LogP contribution in [0, 0.1) is 19.7 Å². The number of hydrazine groups is 1. The van der Waals surface area contributed by atoms with Crippen LogP contribution in [0.15, 0.2) is 28.1 Å². The van der Waals surface area contributed by atoms with Gasteiger partial charge in [-0.3, -0.25) is 5.84 Å². The Morgan fingerprint density at radius 2 is 2.00 bits per heavy atom. The third-order valence-corrected chi connectivity index (χ3v) is 4.93. The van der Waals surface area contributed by atoms with E-state index >= 15 is 0 Å². The summed E-state index contributed by atoms with van der Waals surface area (Å²) in [4.78, 5) is 1.06. The van der Waals surface area contributed by atoms with Gasteiger partial charge >= 0.3 is 0 Å². The van der Waals surface area contributed by atoms with Crippen LogP contribution in [0.1, 0.15) is 27.6 Å². The second-order valence-electron chi connectivity index (χ2n) is 4.27. The zero-order valence-electron chi connectivity index (χ0n) is 10.1. The number of aryl methyl sites for hydroxylation is 2. The Kier molecular flexibility index (Phi) is 4.17. The highest BCUT2D eigenvalue weighted by atomic mass is 79.9. The summed E-state index contributed by atoms with van der Waals surface area (Å²) < 4.78 is 14.5. The summed E-state index contributed by atoms with van der Waals surface area (Å²) >= 11 is 5.10. The van der Waals surface area contributed by atoms with E-state index in [0.717, 1.165) is 25.4 Å². The van der Waals surface area contributed by atoms with Gasteiger partial charge in [-0.05, 0) is 64.7 Å². The summed E-state index contributed by atoms with van der Waals surface area (Å²) in [5.41, 5.74) is 5.63. The molecule has 0 saturated carbocycles. The molecule has 3 N–H and O–H groups in total. The number of nitrogens with one attached hydrogen (secondary N) is 1. The highest BCUT2D eigenvalue weighted by Gasteiger charge is 2.17. The van der Waals surface area contributed by atoms with Crippen LogP contribution in [-0.2, 0) is 0 Å². The topological polar surface area (TPSA) is 38.0 Å². The summed E-state index contributed by atoms with van der Waals surface area (Å²) in [6.07, 6.45) is 0. The van der Waals surface area contributed by atoms with Gasteiger partial charge in [0, 0.05) is 4.88 Å². The summed E-state index contributed by atoms with van der Waals surface area (Å²) in [6.45, 7) is 3.89. The molecule has 0 aliphatic rings. The lowest BCUT2D eigenvalue weighted by atomic mass is 10.0. The molecule has 18 heavy (non-hydrogen) atoms. The van der Waals surface area contributed by atoms with Gasteiger partial charge < -0.3 is 0 Å². The van der Waals surface area contributed by atoms with Gasteiger partial charge in [0.1, 0.15) is 5.82 Å². The maximum absolute atomic E-state index is 13.5. The zero-order chi connectivity index (χ0) is 13.3. The van der Waals surface area contributed by atoms with E-state index in [0.29, 0.717) is 0 Å². The molecule has 1 aromatic carbocycles. The lowest BCUT2D eigenvalue weighted by molar-refractivity contribution is 0.607. The molecule has 0 saturated heterocycles. The predicted molar refractivity (Wildman–Crippen MR) is 77.1 cm³/mol. The second-order valence-corrected chi connectivity index (χ2v) is 6.67. The van der Waals surface area contributed by atoms with Crippen LogP contribution >= 0.6 is 27.3 Å². The quantitative estimate of drug-likeness (QED) is 0.664. The Balaban J connectivity index is 2.44. The SMILES string of the molecule is Cc1cc(F)cc(C(NN)c2cc(C)c(Br)s2)c1. The average molecular weight is 329 g/mol. The summed E-state index contributed by atoms with van der Waals surface area (Å²) in [6, 6.07) is 6.83. The van der Waals surface area contributed by atoms with Gasteiger partial charge in [-0.25, -0.2) is 9.82 Å². The lowest BCUT2D eigenvalue weighted by Crippen LogP contribution is -2.28. The van der Waals surface area contributed by atoms with Crippen molar-refractivity contribution in [3.63, 3.8) is 0 Å². The molecule has 1 aromatic heterocycles. The average Bonchev–Trinajstić information content (AvgIpc) is 2.58. The molecule has 0 spiro atoms. The second kappa shape index (κ2) is 5.48. The van der Waals surface area contributed by atoms with Gasteiger partial charge in [-0.1, -0.05) is 6.07 Å². The Labute approximate surface area is 118 Å². The highest BCUT2D eigenvalue weighted by Crippen LogP contribution is 2.34. The molecule has 0 fully saturated rings. The summed E-state index contributed by atoms with van der Waals surface area (Å²) in [5.74, 6) is 5.38. The Hall–Kier alpha value is -0.750. The highest BCUT2D eigenvalue weighted by molar-refractivity contribution is 9.11. The number of hydrogen-bond donors (Lipinski definition) is 2. The molecule has 2 nitrogen and oxygen atoms in total. The fourth-order valence-electron chi connectivity index (χ4n) is 1.90.